The fraction of sp³-hybridized carbons (Fsp3) is 0.0370. The molecule has 13 aromatic rings. The van der Waals surface area contributed by atoms with Gasteiger partial charge in [0, 0.05) is 37.7 Å². The van der Waals surface area contributed by atoms with E-state index in [0.29, 0.717) is 0 Å². The average molecular weight is 1090 g/mol. The fourth-order valence-electron chi connectivity index (χ4n) is 16.1. The van der Waals surface area contributed by atoms with Crippen LogP contribution in [0.15, 0.2) is 319 Å². The molecule has 84 heavy (non-hydrogen) atoms. The summed E-state index contributed by atoms with van der Waals surface area (Å²) in [6.45, 7) is 0. The summed E-state index contributed by atoms with van der Waals surface area (Å²) in [7, 11) is 0. The van der Waals surface area contributed by atoms with E-state index in [9.17, 15) is 0 Å². The Labute approximate surface area is 493 Å². The number of para-hydroxylation sites is 2. The van der Waals surface area contributed by atoms with Crippen LogP contribution in [0.2, 0.25) is 0 Å². The minimum absolute atomic E-state index is 0.507. The van der Waals surface area contributed by atoms with Gasteiger partial charge in [0.2, 0.25) is 0 Å². The van der Waals surface area contributed by atoms with Crippen molar-refractivity contribution in [1.82, 2.24) is 0 Å². The molecule has 0 radical (unpaired) electrons. The Morgan fingerprint density at radius 3 is 1.12 bits per heavy atom. The van der Waals surface area contributed by atoms with Gasteiger partial charge in [-0.1, -0.05) is 273 Å². The summed E-state index contributed by atoms with van der Waals surface area (Å²) < 4.78 is 6.84. The standard InChI is InChI=1S/C81H51NOS/c1-3-24-53(25-4-1)79(54-26-5-2-6-27-54)60-32-10-7-28-57(60)76-56(31-21-39-67(76)79)52-48-50-55(51-49-52)82(70-42-22-40-68-77(70)58-29-8-11-33-61(58)80(68)63-35-13-17-44-72(63)83-73-45-18-14-36-64(73)80)71-43-23-41-69-78(71)59-30-9-12-34-62(59)81(69)65-37-15-19-46-74(65)84-75-47-20-16-38-66(75)81/h1-51H. The van der Waals surface area contributed by atoms with Crippen molar-refractivity contribution >= 4 is 28.8 Å². The van der Waals surface area contributed by atoms with E-state index in [0.717, 1.165) is 45.3 Å². The van der Waals surface area contributed by atoms with Crippen molar-refractivity contribution < 1.29 is 4.74 Å². The fourth-order valence-corrected chi connectivity index (χ4v) is 17.3. The monoisotopic (exact) mass is 1090 g/mol. The number of fused-ring (bicyclic) bond motifs is 21. The van der Waals surface area contributed by atoms with E-state index in [1.165, 1.54) is 104 Å². The molecule has 18 rings (SSSR count). The van der Waals surface area contributed by atoms with Crippen LogP contribution < -0.4 is 9.64 Å². The second-order valence-electron chi connectivity index (χ2n) is 22.8. The van der Waals surface area contributed by atoms with Crippen LogP contribution in [0.4, 0.5) is 17.1 Å². The molecule has 0 atom stereocenters. The van der Waals surface area contributed by atoms with Gasteiger partial charge in [0.05, 0.1) is 27.6 Å². The molecule has 2 nitrogen and oxygen atoms in total. The molecule has 3 heteroatoms. The number of benzene rings is 13. The maximum atomic E-state index is 6.84. The first-order chi connectivity index (χ1) is 41.7. The zero-order valence-electron chi connectivity index (χ0n) is 45.7. The molecule has 0 N–H and O–H groups in total. The van der Waals surface area contributed by atoms with E-state index in [-0.39, 0.29) is 0 Å². The molecule has 0 aromatic heterocycles. The summed E-state index contributed by atoms with van der Waals surface area (Å²) in [5, 5.41) is 0. The minimum atomic E-state index is -0.649. The van der Waals surface area contributed by atoms with Crippen molar-refractivity contribution in [2.24, 2.45) is 0 Å². The highest BCUT2D eigenvalue weighted by Gasteiger charge is 2.54. The number of ether oxygens (including phenoxy) is 1. The van der Waals surface area contributed by atoms with Gasteiger partial charge < -0.3 is 9.64 Å². The molecule has 392 valence electrons. The lowest BCUT2D eigenvalue weighted by molar-refractivity contribution is 0.436. The van der Waals surface area contributed by atoms with Crippen LogP contribution in [0, 0.1) is 0 Å². The number of rotatable bonds is 6. The molecule has 3 aliphatic carbocycles. The highest BCUT2D eigenvalue weighted by atomic mass is 32.2. The third-order valence-corrected chi connectivity index (χ3v) is 20.3. The minimum Gasteiger partial charge on any atom is -0.457 e. The van der Waals surface area contributed by atoms with E-state index >= 15 is 0 Å². The topological polar surface area (TPSA) is 12.5 Å². The number of nitrogens with zero attached hydrogens (tertiary/aromatic N) is 1. The van der Waals surface area contributed by atoms with E-state index < -0.39 is 16.2 Å². The first-order valence-corrected chi connectivity index (χ1v) is 30.0. The summed E-state index contributed by atoms with van der Waals surface area (Å²) >= 11 is 1.89. The Kier molecular flexibility index (Phi) is 10.1. The molecule has 13 aromatic carbocycles. The van der Waals surface area contributed by atoms with Gasteiger partial charge in [-0.05, 0) is 138 Å². The second-order valence-corrected chi connectivity index (χ2v) is 23.9. The van der Waals surface area contributed by atoms with Crippen molar-refractivity contribution in [3.05, 3.63) is 376 Å². The Morgan fingerprint density at radius 1 is 0.250 bits per heavy atom. The van der Waals surface area contributed by atoms with Gasteiger partial charge in [0.15, 0.2) is 0 Å². The molecular weight excluding hydrogens is 1030 g/mol. The summed E-state index contributed by atoms with van der Waals surface area (Å²) in [6, 6.07) is 116. The van der Waals surface area contributed by atoms with Crippen LogP contribution in [-0.4, -0.2) is 0 Å². The largest absolute Gasteiger partial charge is 0.457 e. The molecule has 0 unspecified atom stereocenters. The molecule has 0 amide bonds. The third-order valence-electron chi connectivity index (χ3n) is 19.1. The molecule has 5 aliphatic rings. The predicted molar refractivity (Wildman–Crippen MR) is 343 cm³/mol. The van der Waals surface area contributed by atoms with Crippen LogP contribution >= 0.6 is 11.8 Å². The van der Waals surface area contributed by atoms with E-state index in [1.807, 2.05) is 11.8 Å². The van der Waals surface area contributed by atoms with Crippen LogP contribution in [0.5, 0.6) is 11.5 Å². The van der Waals surface area contributed by atoms with Crippen molar-refractivity contribution in [2.75, 3.05) is 4.90 Å². The Hall–Kier alpha value is -10.2. The second kappa shape index (κ2) is 17.9. The van der Waals surface area contributed by atoms with Gasteiger partial charge in [-0.2, -0.15) is 0 Å². The number of hydrogen-bond acceptors (Lipinski definition) is 3. The Balaban J connectivity index is 0.906. The summed E-state index contributed by atoms with van der Waals surface area (Å²) in [4.78, 5) is 5.17. The highest BCUT2D eigenvalue weighted by molar-refractivity contribution is 7.99. The van der Waals surface area contributed by atoms with E-state index in [1.54, 1.807) is 0 Å². The van der Waals surface area contributed by atoms with Crippen LogP contribution in [0.1, 0.15) is 66.8 Å². The number of anilines is 3. The first kappa shape index (κ1) is 47.4. The molecule has 2 spiro atoms. The Bertz CT molecular complexity index is 4540. The predicted octanol–water partition coefficient (Wildman–Crippen LogP) is 20.5. The lowest BCUT2D eigenvalue weighted by atomic mass is 9.66. The highest BCUT2D eigenvalue weighted by Crippen LogP contribution is 2.68. The lowest BCUT2D eigenvalue weighted by Crippen LogP contribution is -2.32. The summed E-state index contributed by atoms with van der Waals surface area (Å²) in [6.07, 6.45) is 0. The molecular formula is C81H51NOS. The summed E-state index contributed by atoms with van der Waals surface area (Å²) in [5.41, 5.74) is 26.6. The van der Waals surface area contributed by atoms with Crippen molar-refractivity contribution in [3.63, 3.8) is 0 Å². The van der Waals surface area contributed by atoms with Crippen LogP contribution in [0.3, 0.4) is 0 Å². The van der Waals surface area contributed by atoms with Crippen LogP contribution in [-0.2, 0) is 16.2 Å². The maximum Gasteiger partial charge on any atom is 0.132 e. The van der Waals surface area contributed by atoms with Gasteiger partial charge in [0.1, 0.15) is 11.5 Å². The molecule has 0 fully saturated rings. The van der Waals surface area contributed by atoms with Gasteiger partial charge in [0.25, 0.3) is 0 Å². The smallest absolute Gasteiger partial charge is 0.132 e. The third kappa shape index (κ3) is 6.11. The quantitative estimate of drug-likeness (QED) is 0.165. The van der Waals surface area contributed by atoms with Crippen LogP contribution in [0.25, 0.3) is 44.5 Å². The first-order valence-electron chi connectivity index (χ1n) is 29.2. The zero-order valence-corrected chi connectivity index (χ0v) is 46.5. The maximum absolute atomic E-state index is 6.84. The molecule has 0 saturated heterocycles. The Morgan fingerprint density at radius 2 is 0.607 bits per heavy atom. The SMILES string of the molecule is c1ccc(C2(c3ccccc3)c3ccccc3-c3c(-c4ccc(N(c5cccc6c5-c5ccccc5C65c6ccccc6Oc6ccccc65)c5cccc6c5-c5ccccc5C65c6ccccc6Sc6ccccc65)cc4)cccc32)cc1. The van der Waals surface area contributed by atoms with Gasteiger partial charge >= 0.3 is 0 Å². The average Bonchev–Trinajstić information content (AvgIpc) is 1.58. The lowest BCUT2D eigenvalue weighted by Gasteiger charge is -2.40. The molecule has 2 heterocycles. The van der Waals surface area contributed by atoms with Crippen molar-refractivity contribution in [3.8, 4) is 56.0 Å². The van der Waals surface area contributed by atoms with E-state index in [4.69, 9.17) is 4.74 Å². The van der Waals surface area contributed by atoms with Crippen molar-refractivity contribution in [1.29, 1.82) is 0 Å². The summed E-state index contributed by atoms with van der Waals surface area (Å²) in [5.74, 6) is 1.76. The van der Waals surface area contributed by atoms with Gasteiger partial charge in [-0.15, -0.1) is 0 Å². The number of hydrogen-bond donors (Lipinski definition) is 0. The normalized spacial score (nSPS) is 14.8. The van der Waals surface area contributed by atoms with Crippen molar-refractivity contribution in [2.45, 2.75) is 26.0 Å². The van der Waals surface area contributed by atoms with E-state index in [2.05, 4.69) is 314 Å². The van der Waals surface area contributed by atoms with Gasteiger partial charge in [-0.25, -0.2) is 0 Å². The van der Waals surface area contributed by atoms with Gasteiger partial charge in [-0.3, -0.25) is 0 Å². The molecule has 2 aliphatic heterocycles. The molecule has 0 bridgehead atoms. The molecule has 0 saturated carbocycles. The zero-order chi connectivity index (χ0) is 55.1.